The number of hydrogen-bond acceptors (Lipinski definition) is 9. The molecule has 0 unspecified atom stereocenters. The van der Waals surface area contributed by atoms with Crippen molar-refractivity contribution in [3.8, 4) is 23.0 Å². The molecule has 12 nitrogen and oxygen atoms in total. The van der Waals surface area contributed by atoms with Crippen LogP contribution < -0.4 is 35.0 Å². The summed E-state index contributed by atoms with van der Waals surface area (Å²) in [5, 5.41) is 9.33. The normalized spacial score (nSPS) is 15.4. The molecule has 0 radical (unpaired) electrons. The minimum Gasteiger partial charge on any atom is -0.493 e. The van der Waals surface area contributed by atoms with Crippen LogP contribution in [0.25, 0.3) is 0 Å². The summed E-state index contributed by atoms with van der Waals surface area (Å²) >= 11 is 0. The average molecular weight is 583 g/mol. The molecule has 1 heterocycles. The lowest BCUT2D eigenvalue weighted by molar-refractivity contribution is -0.139. The van der Waals surface area contributed by atoms with Gasteiger partial charge >= 0.3 is 12.0 Å². The highest BCUT2D eigenvalue weighted by atomic mass is 16.5. The summed E-state index contributed by atoms with van der Waals surface area (Å²) in [6.45, 7) is 9.58. The molecule has 0 aliphatic carbocycles. The minimum absolute atomic E-state index is 0.0476. The molecule has 0 saturated carbocycles. The molecule has 0 saturated heterocycles. The summed E-state index contributed by atoms with van der Waals surface area (Å²) in [5.74, 6) is 0.793. The number of methoxy groups -OCH3 is 1. The first-order chi connectivity index (χ1) is 20.2. The van der Waals surface area contributed by atoms with Gasteiger partial charge in [-0.2, -0.15) is 5.10 Å². The highest BCUT2D eigenvalue weighted by molar-refractivity contribution is 5.95. The van der Waals surface area contributed by atoms with E-state index < -0.39 is 23.9 Å². The highest BCUT2D eigenvalue weighted by Gasteiger charge is 2.32. The molecule has 1 aliphatic rings. The lowest BCUT2D eigenvalue weighted by Crippen LogP contribution is -2.45. The quantitative estimate of drug-likeness (QED) is 0.172. The van der Waals surface area contributed by atoms with E-state index in [0.717, 1.165) is 6.42 Å². The van der Waals surface area contributed by atoms with E-state index in [1.165, 1.54) is 13.3 Å². The van der Waals surface area contributed by atoms with E-state index in [-0.39, 0.29) is 30.6 Å². The number of urea groups is 1. The van der Waals surface area contributed by atoms with Gasteiger partial charge in [0.2, 0.25) is 0 Å². The maximum absolute atomic E-state index is 12.6. The van der Waals surface area contributed by atoms with Crippen molar-refractivity contribution in [2.75, 3.05) is 26.9 Å². The van der Waals surface area contributed by atoms with Crippen LogP contribution in [0.5, 0.6) is 23.0 Å². The van der Waals surface area contributed by atoms with E-state index >= 15 is 0 Å². The van der Waals surface area contributed by atoms with Crippen molar-refractivity contribution in [3.05, 3.63) is 58.8 Å². The molecule has 226 valence electrons. The summed E-state index contributed by atoms with van der Waals surface area (Å²) in [5.41, 5.74) is 4.38. The molecule has 2 aromatic rings. The highest BCUT2D eigenvalue weighted by Crippen LogP contribution is 2.34. The number of amides is 3. The third-order valence-corrected chi connectivity index (χ3v) is 6.22. The van der Waals surface area contributed by atoms with Crippen molar-refractivity contribution < 1.29 is 38.1 Å². The van der Waals surface area contributed by atoms with Crippen LogP contribution in [0.3, 0.4) is 0 Å². The molecule has 12 heteroatoms. The summed E-state index contributed by atoms with van der Waals surface area (Å²) in [6, 6.07) is 9.07. The van der Waals surface area contributed by atoms with Gasteiger partial charge < -0.3 is 34.3 Å². The standard InChI is InChI=1S/C30H38N4O8/c1-7-18(4)42-23-12-10-20(14-25(23)39-8-2)16-31-34-26(35)17-41-22-13-11-21(15-24(22)38-6)28-27(29(36)40-9-3)19(5)32-30(37)33-28/h10-16,18,28H,7-9,17H2,1-6H3,(H,34,35)(H2,32,33,37)/b31-16-/t18-,28-/m0/s1. The molecule has 3 N–H and O–H groups in total. The smallest absolute Gasteiger partial charge is 0.338 e. The van der Waals surface area contributed by atoms with Crippen LogP contribution in [0.4, 0.5) is 4.79 Å². The topological polar surface area (TPSA) is 146 Å². The number of rotatable bonds is 14. The minimum atomic E-state index is -0.766. The fourth-order valence-electron chi connectivity index (χ4n) is 4.03. The summed E-state index contributed by atoms with van der Waals surface area (Å²) in [4.78, 5) is 37.1. The molecule has 1 aliphatic heterocycles. The second-order valence-corrected chi connectivity index (χ2v) is 9.26. The molecule has 2 aromatic carbocycles. The van der Waals surface area contributed by atoms with Crippen LogP contribution >= 0.6 is 0 Å². The fourth-order valence-corrected chi connectivity index (χ4v) is 4.03. The predicted octanol–water partition coefficient (Wildman–Crippen LogP) is 3.99. The van der Waals surface area contributed by atoms with E-state index in [2.05, 4.69) is 21.2 Å². The number of benzene rings is 2. The van der Waals surface area contributed by atoms with Crippen LogP contribution in [0.15, 0.2) is 52.8 Å². The lowest BCUT2D eigenvalue weighted by atomic mass is 9.95. The zero-order chi connectivity index (χ0) is 30.6. The van der Waals surface area contributed by atoms with Gasteiger partial charge in [0, 0.05) is 5.70 Å². The molecule has 0 aromatic heterocycles. The van der Waals surface area contributed by atoms with E-state index in [9.17, 15) is 14.4 Å². The second kappa shape index (κ2) is 15.3. The Morgan fingerprint density at radius 3 is 2.48 bits per heavy atom. The summed E-state index contributed by atoms with van der Waals surface area (Å²) < 4.78 is 27.9. The maximum atomic E-state index is 12.6. The number of nitrogens with zero attached hydrogens (tertiary/aromatic N) is 1. The van der Waals surface area contributed by atoms with Gasteiger partial charge in [-0.25, -0.2) is 15.0 Å². The van der Waals surface area contributed by atoms with Crippen molar-refractivity contribution in [1.29, 1.82) is 0 Å². The van der Waals surface area contributed by atoms with Gasteiger partial charge in [0.25, 0.3) is 5.91 Å². The van der Waals surface area contributed by atoms with Crippen LogP contribution in [-0.4, -0.2) is 57.2 Å². The number of carbonyl (C=O) groups excluding carboxylic acids is 3. The van der Waals surface area contributed by atoms with Crippen LogP contribution in [0.1, 0.15) is 58.2 Å². The van der Waals surface area contributed by atoms with Gasteiger partial charge in [0.15, 0.2) is 29.6 Å². The van der Waals surface area contributed by atoms with Gasteiger partial charge in [-0.05, 0) is 75.6 Å². The van der Waals surface area contributed by atoms with Crippen molar-refractivity contribution in [3.63, 3.8) is 0 Å². The Morgan fingerprint density at radius 2 is 1.79 bits per heavy atom. The predicted molar refractivity (Wildman–Crippen MR) is 156 cm³/mol. The molecular formula is C30H38N4O8. The molecule has 42 heavy (non-hydrogen) atoms. The third kappa shape index (κ3) is 8.38. The van der Waals surface area contributed by atoms with Crippen molar-refractivity contribution in [2.24, 2.45) is 5.10 Å². The Morgan fingerprint density at radius 1 is 1.02 bits per heavy atom. The molecule has 0 spiro atoms. The van der Waals surface area contributed by atoms with E-state index in [1.54, 1.807) is 44.2 Å². The van der Waals surface area contributed by atoms with Gasteiger partial charge in [-0.1, -0.05) is 13.0 Å². The van der Waals surface area contributed by atoms with Crippen LogP contribution in [-0.2, 0) is 14.3 Å². The molecule has 3 amide bonds. The Bertz CT molecular complexity index is 1340. The molecule has 0 bridgehead atoms. The van der Waals surface area contributed by atoms with E-state index in [1.807, 2.05) is 26.8 Å². The number of hydrazone groups is 1. The Hall–Kier alpha value is -4.74. The Kier molecular flexibility index (Phi) is 11.6. The van der Waals surface area contributed by atoms with E-state index in [0.29, 0.717) is 40.7 Å². The molecule has 3 rings (SSSR count). The number of allylic oxidation sites excluding steroid dienone is 1. The fraction of sp³-hybridized carbons (Fsp3) is 0.400. The van der Waals surface area contributed by atoms with Crippen molar-refractivity contribution >= 4 is 24.1 Å². The number of esters is 1. The second-order valence-electron chi connectivity index (χ2n) is 9.26. The first-order valence-corrected chi connectivity index (χ1v) is 13.7. The van der Waals surface area contributed by atoms with Gasteiger partial charge in [-0.15, -0.1) is 0 Å². The SMILES string of the molecule is CCOC(=O)C1=C(C)NC(=O)N[C@H]1c1ccc(OCC(=O)N/N=C\c2ccc(O[C@@H](C)CC)c(OCC)c2)c(OC)c1. The number of carbonyl (C=O) groups is 3. The lowest BCUT2D eigenvalue weighted by Gasteiger charge is -2.28. The first kappa shape index (κ1) is 31.8. The van der Waals surface area contributed by atoms with Crippen LogP contribution in [0.2, 0.25) is 0 Å². The van der Waals surface area contributed by atoms with Gasteiger partial charge in [0.1, 0.15) is 0 Å². The average Bonchev–Trinajstić information content (AvgIpc) is 2.96. The Balaban J connectivity index is 1.65. The van der Waals surface area contributed by atoms with E-state index in [4.69, 9.17) is 23.7 Å². The van der Waals surface area contributed by atoms with Gasteiger partial charge in [-0.3, -0.25) is 4.79 Å². The monoisotopic (exact) mass is 582 g/mol. The zero-order valence-corrected chi connectivity index (χ0v) is 24.7. The number of hydrogen-bond donors (Lipinski definition) is 3. The largest absolute Gasteiger partial charge is 0.493 e. The number of nitrogens with one attached hydrogen (secondary N) is 3. The molecular weight excluding hydrogens is 544 g/mol. The first-order valence-electron chi connectivity index (χ1n) is 13.7. The maximum Gasteiger partial charge on any atom is 0.338 e. The summed E-state index contributed by atoms with van der Waals surface area (Å²) in [6.07, 6.45) is 2.40. The molecule has 0 fully saturated rings. The zero-order valence-electron chi connectivity index (χ0n) is 24.7. The van der Waals surface area contributed by atoms with Crippen LogP contribution in [0, 0.1) is 0 Å². The number of ether oxygens (including phenoxy) is 5. The third-order valence-electron chi connectivity index (χ3n) is 6.22. The van der Waals surface area contributed by atoms with Crippen molar-refractivity contribution in [1.82, 2.24) is 16.1 Å². The summed E-state index contributed by atoms with van der Waals surface area (Å²) in [7, 11) is 1.44. The molecule has 2 atom stereocenters. The van der Waals surface area contributed by atoms with Gasteiger partial charge in [0.05, 0.1) is 44.3 Å². The van der Waals surface area contributed by atoms with Crippen molar-refractivity contribution in [2.45, 2.75) is 53.2 Å². The Labute approximate surface area is 245 Å².